The van der Waals surface area contributed by atoms with Gasteiger partial charge in [-0.2, -0.15) is 0 Å². The minimum absolute atomic E-state index is 0.0573. The number of nitrogens with one attached hydrogen (secondary N) is 13. The van der Waals surface area contributed by atoms with Gasteiger partial charge in [0.1, 0.15) is 47.4 Å². The molecule has 110 heavy (non-hydrogen) atoms. The lowest BCUT2D eigenvalue weighted by molar-refractivity contribution is -0.143. The molecule has 572 valence electrons. The smallest absolute Gasteiger partial charge is 0.305 e. The van der Waals surface area contributed by atoms with Gasteiger partial charge >= 0.3 is 11.9 Å². The van der Waals surface area contributed by atoms with Gasteiger partial charge in [0.05, 0.1) is 43.6 Å². The molecule has 10 rings (SSSR count). The zero-order chi connectivity index (χ0) is 78.2. The summed E-state index contributed by atoms with van der Waals surface area (Å²) in [7, 11) is 0. The van der Waals surface area contributed by atoms with Gasteiger partial charge in [0.15, 0.2) is 5.96 Å². The van der Waals surface area contributed by atoms with Crippen LogP contribution in [0.2, 0.25) is 0 Å². The molecule has 2 heterocycles. The van der Waals surface area contributed by atoms with Crippen LogP contribution in [0.5, 0.6) is 0 Å². The van der Waals surface area contributed by atoms with Crippen molar-refractivity contribution in [2.45, 2.75) is 139 Å². The zero-order valence-electron chi connectivity index (χ0n) is 60.6. The Balaban J connectivity index is 1.02. The average Bonchev–Trinajstić information content (AvgIpc) is 1.62. The number of hydrogen-bond acceptors (Lipinski definition) is 14. The van der Waals surface area contributed by atoms with Gasteiger partial charge in [0.2, 0.25) is 53.2 Å². The number of carbonyl (C=O) groups excluding carboxylic acids is 9. The van der Waals surface area contributed by atoms with Crippen molar-refractivity contribution in [3.05, 3.63) is 215 Å². The molecule has 0 saturated heterocycles. The lowest BCUT2D eigenvalue weighted by atomic mass is 9.95. The number of fused-ring (bicyclic) bond motifs is 3. The molecule has 8 aromatic carbocycles. The largest absolute Gasteiger partial charge is 0.481 e. The van der Waals surface area contributed by atoms with E-state index in [0.29, 0.717) is 56.2 Å². The molecule has 28 nitrogen and oxygen atoms in total. The van der Waals surface area contributed by atoms with Crippen molar-refractivity contribution >= 4 is 120 Å². The summed E-state index contributed by atoms with van der Waals surface area (Å²) in [4.78, 5) is 159. The lowest BCUT2D eigenvalue weighted by Gasteiger charge is -2.28. The standard InChI is InChI=1S/C82H90N14O14/c1-48(83)86-39-16-35-62-77(105)92-63(57-30-12-24-51-22-8-10-28-55(51)57)45-71(99)91-65(42-49-18-4-2-5-19-49)78(106)95-68(47-73(102)103)81(109)96-67(46-72(100)101)80(108)94-66(43-50-20-6-3-7-21-50)79(107)93-64(58-31-13-25-52-23-9-11-29-56(52)58)44-70(98)90-61(34-17-40-88-82(84)85)76(104)87-41-38-54-27-15-33-60-59-32-14-26-53(36-37-69(97)89-62)74(59)110-75(54)60/h2-15,18-33,61-68H,16-17,34-47H2,1H3,(H2,83,86)(H,87,104)(H,89,97)(H,90,98)(H,91,99)(H,92,105)(H,93,107)(H,94,108)(H,95,106)(H,96,109)(H,100,101)(H,102,103)(H4,84,85,88). The number of aryl methyl sites for hydroxylation is 1. The first kappa shape index (κ1) is 79.6. The van der Waals surface area contributed by atoms with E-state index in [2.05, 4.69) is 58.5 Å². The van der Waals surface area contributed by atoms with Crippen LogP contribution >= 0.6 is 0 Å². The van der Waals surface area contributed by atoms with E-state index in [4.69, 9.17) is 21.0 Å². The fraction of sp³-hybridized carbons (Fsp3) is 0.305. The molecule has 17 N–H and O–H groups in total. The maximum absolute atomic E-state index is 15.2. The van der Waals surface area contributed by atoms with E-state index >= 15 is 9.59 Å². The highest BCUT2D eigenvalue weighted by molar-refractivity contribution is 6.07. The third kappa shape index (κ3) is 22.3. The number of aliphatic carboxylic acids is 2. The fourth-order valence-corrected chi connectivity index (χ4v) is 13.6. The normalized spacial score (nSPS) is 20.2. The molecule has 0 aliphatic carbocycles. The third-order valence-electron chi connectivity index (χ3n) is 19.0. The maximum Gasteiger partial charge on any atom is 0.305 e. The molecule has 9 amide bonds. The predicted molar refractivity (Wildman–Crippen MR) is 414 cm³/mol. The van der Waals surface area contributed by atoms with Crippen LogP contribution in [0, 0.1) is 10.8 Å². The molecule has 8 atom stereocenters. The van der Waals surface area contributed by atoms with Crippen molar-refractivity contribution in [2.75, 3.05) is 19.6 Å². The molecule has 0 fully saturated rings. The minimum Gasteiger partial charge on any atom is -0.481 e. The Morgan fingerprint density at radius 1 is 0.427 bits per heavy atom. The number of nitrogens with two attached hydrogens (primary N) is 1. The lowest BCUT2D eigenvalue weighted by Crippen LogP contribution is -2.59. The number of amidine groups is 1. The summed E-state index contributed by atoms with van der Waals surface area (Å²) >= 11 is 0. The monoisotopic (exact) mass is 1490 g/mol. The molecule has 1 aliphatic rings. The number of carbonyl (C=O) groups is 11. The number of benzene rings is 8. The number of carboxylic acids is 2. The van der Waals surface area contributed by atoms with E-state index in [-0.39, 0.29) is 82.8 Å². The molecule has 0 radical (unpaired) electrons. The van der Waals surface area contributed by atoms with Crippen molar-refractivity contribution in [1.82, 2.24) is 58.5 Å². The third-order valence-corrected chi connectivity index (χ3v) is 19.0. The number of amides is 9. The van der Waals surface area contributed by atoms with Crippen LogP contribution in [0.25, 0.3) is 43.5 Å². The van der Waals surface area contributed by atoms with Gasteiger partial charge in [-0.25, -0.2) is 0 Å². The van der Waals surface area contributed by atoms with E-state index in [1.807, 2.05) is 72.8 Å². The van der Waals surface area contributed by atoms with E-state index < -0.39 is 139 Å². The number of hydrogen-bond donors (Lipinski definition) is 16. The van der Waals surface area contributed by atoms with Gasteiger partial charge in [-0.15, -0.1) is 0 Å². The first-order chi connectivity index (χ1) is 53.0. The van der Waals surface area contributed by atoms with Crippen molar-refractivity contribution in [2.24, 2.45) is 5.73 Å². The molecule has 28 heteroatoms. The van der Waals surface area contributed by atoms with E-state index in [1.54, 1.807) is 116 Å². The van der Waals surface area contributed by atoms with Crippen LogP contribution < -0.4 is 64.2 Å². The second-order valence-electron chi connectivity index (χ2n) is 27.2. The summed E-state index contributed by atoms with van der Waals surface area (Å²) in [6.07, 6.45) is -2.75. The quantitative estimate of drug-likeness (QED) is 0.0267. The van der Waals surface area contributed by atoms with Crippen LogP contribution in [0.4, 0.5) is 0 Å². The minimum atomic E-state index is -2.05. The van der Waals surface area contributed by atoms with Crippen molar-refractivity contribution in [3.63, 3.8) is 0 Å². The Bertz CT molecular complexity index is 4870. The highest BCUT2D eigenvalue weighted by Gasteiger charge is 2.36. The topological polar surface area (TPSA) is 447 Å². The van der Waals surface area contributed by atoms with Gasteiger partial charge in [0, 0.05) is 49.7 Å². The Morgan fingerprint density at radius 2 is 0.818 bits per heavy atom. The van der Waals surface area contributed by atoms with E-state index in [9.17, 15) is 53.4 Å². The first-order valence-corrected chi connectivity index (χ1v) is 36.5. The number of furan rings is 1. The van der Waals surface area contributed by atoms with Crippen LogP contribution in [0.15, 0.2) is 186 Å². The summed E-state index contributed by atoms with van der Waals surface area (Å²) in [5.74, 6) is -11.1. The Kier molecular flexibility index (Phi) is 27.8. The first-order valence-electron chi connectivity index (χ1n) is 36.5. The van der Waals surface area contributed by atoms with Gasteiger partial charge in [0.25, 0.3) is 0 Å². The molecule has 0 saturated carbocycles. The maximum atomic E-state index is 15.2. The molecular formula is C82H90N14O14. The van der Waals surface area contributed by atoms with Crippen LogP contribution in [0.3, 0.4) is 0 Å². The summed E-state index contributed by atoms with van der Waals surface area (Å²) in [5, 5.41) is 71.1. The zero-order valence-corrected chi connectivity index (χ0v) is 60.6. The molecule has 8 unspecified atom stereocenters. The number of rotatable bonds is 18. The van der Waals surface area contributed by atoms with Crippen LogP contribution in [-0.2, 0) is 78.4 Å². The van der Waals surface area contributed by atoms with Gasteiger partial charge in [-0.05, 0) is 100 Å². The highest BCUT2D eigenvalue weighted by Crippen LogP contribution is 2.35. The number of carboxylic acid groups (broad SMARTS) is 2. The Morgan fingerprint density at radius 3 is 1.32 bits per heavy atom. The SMILES string of the molecule is CC(=N)NCCCC1NC(=O)CCc2cccc3c2oc2c(cccc23)CCNC(=O)C(CCCNC(=N)N)NC(=O)CC(c2cccc3ccccc23)NC(=O)C(Cc2ccccc2)NC(=O)C(CC(=O)O)NC(=O)C(CC(=O)O)NC(=O)C(Cc2ccccc2)NC(=O)CC(c2cccc3ccccc23)NC1=O. The molecule has 1 aromatic heterocycles. The molecule has 9 aromatic rings. The highest BCUT2D eigenvalue weighted by atomic mass is 16.4. The van der Waals surface area contributed by atoms with Gasteiger partial charge in [-0.3, -0.25) is 63.6 Å². The summed E-state index contributed by atoms with van der Waals surface area (Å²) in [6, 6.07) is 41.1. The second-order valence-corrected chi connectivity index (χ2v) is 27.2. The van der Waals surface area contributed by atoms with Crippen LogP contribution in [-0.4, -0.2) is 143 Å². The van der Waals surface area contributed by atoms with Crippen LogP contribution in [0.1, 0.15) is 110 Å². The Labute approximate surface area is 633 Å². The number of para-hydroxylation sites is 2. The van der Waals surface area contributed by atoms with Crippen molar-refractivity contribution in [1.29, 1.82) is 10.8 Å². The van der Waals surface area contributed by atoms with E-state index in [1.165, 1.54) is 0 Å². The van der Waals surface area contributed by atoms with Crippen molar-refractivity contribution in [3.8, 4) is 0 Å². The molecule has 2 bridgehead atoms. The molecular weight excluding hydrogens is 1400 g/mol. The summed E-state index contributed by atoms with van der Waals surface area (Å²) < 4.78 is 6.67. The summed E-state index contributed by atoms with van der Waals surface area (Å²) in [5.41, 5.74) is 10.0. The molecule has 1 aliphatic heterocycles. The van der Waals surface area contributed by atoms with Gasteiger partial charge < -0.3 is 78.8 Å². The fourth-order valence-electron chi connectivity index (χ4n) is 13.6. The average molecular weight is 1500 g/mol. The summed E-state index contributed by atoms with van der Waals surface area (Å²) in [6.45, 7) is 2.07. The second kappa shape index (κ2) is 38.5. The van der Waals surface area contributed by atoms with E-state index in [0.717, 1.165) is 27.1 Å². The number of guanidine groups is 1. The Hall–Kier alpha value is -13.0. The van der Waals surface area contributed by atoms with Crippen molar-refractivity contribution < 1.29 is 67.4 Å². The molecule has 0 spiro atoms. The van der Waals surface area contributed by atoms with Gasteiger partial charge in [-0.1, -0.05) is 182 Å². The predicted octanol–water partition coefficient (Wildman–Crippen LogP) is 5.97.